The van der Waals surface area contributed by atoms with Crippen molar-refractivity contribution in [3.8, 4) is 28.7 Å². The van der Waals surface area contributed by atoms with Gasteiger partial charge in [-0.2, -0.15) is 8.42 Å². The molecule has 0 saturated carbocycles. The number of aliphatic imine (C=N–C) groups is 1. The van der Waals surface area contributed by atoms with E-state index in [2.05, 4.69) is 10.2 Å². The van der Waals surface area contributed by atoms with Gasteiger partial charge in [-0.15, -0.1) is 10.2 Å². The first-order chi connectivity index (χ1) is 22.8. The fourth-order valence-corrected chi connectivity index (χ4v) is 5.96. The van der Waals surface area contributed by atoms with E-state index in [-0.39, 0.29) is 22.2 Å². The van der Waals surface area contributed by atoms with Gasteiger partial charge in [0.05, 0.1) is 5.69 Å². The van der Waals surface area contributed by atoms with Crippen molar-refractivity contribution in [3.05, 3.63) is 155 Å². The second kappa shape index (κ2) is 12.5. The summed E-state index contributed by atoms with van der Waals surface area (Å²) in [5.41, 5.74) is 3.63. The third-order valence-electron chi connectivity index (χ3n) is 7.20. The maximum Gasteiger partial charge on any atom is 0.339 e. The number of carbonyl (C=O) groups excluding carboxylic acids is 1. The number of aromatic nitrogens is 2. The molecule has 0 fully saturated rings. The molecule has 230 valence electrons. The molecule has 0 aliphatic carbocycles. The van der Waals surface area contributed by atoms with Gasteiger partial charge >= 0.3 is 10.1 Å². The zero-order chi connectivity index (χ0) is 32.4. The van der Waals surface area contributed by atoms with Crippen molar-refractivity contribution in [2.75, 3.05) is 4.90 Å². The minimum Gasteiger partial charge on any atom is -0.416 e. The summed E-state index contributed by atoms with van der Waals surface area (Å²) in [6, 6.07) is 38.0. The molecule has 1 aliphatic heterocycles. The van der Waals surface area contributed by atoms with Crippen LogP contribution < -0.4 is 9.08 Å². The molecule has 0 radical (unpaired) electrons. The van der Waals surface area contributed by atoms with E-state index in [0.717, 1.165) is 11.1 Å². The molecule has 2 heterocycles. The number of rotatable bonds is 8. The van der Waals surface area contributed by atoms with Crippen LogP contribution in [-0.2, 0) is 14.9 Å². The highest BCUT2D eigenvalue weighted by atomic mass is 35.5. The lowest BCUT2D eigenvalue weighted by Gasteiger charge is -2.18. The van der Waals surface area contributed by atoms with Crippen molar-refractivity contribution in [2.45, 2.75) is 4.90 Å². The van der Waals surface area contributed by atoms with E-state index >= 15 is 0 Å². The minimum absolute atomic E-state index is 0.0541. The third kappa shape index (κ3) is 6.32. The van der Waals surface area contributed by atoms with E-state index in [1.165, 1.54) is 24.3 Å². The number of nitrogens with zero attached hydrogens (tertiary/aromatic N) is 4. The van der Waals surface area contributed by atoms with Crippen LogP contribution in [0.3, 0.4) is 0 Å². The summed E-state index contributed by atoms with van der Waals surface area (Å²) in [6.07, 6.45) is 1.64. The summed E-state index contributed by atoms with van der Waals surface area (Å²) in [7, 11) is -3.98. The van der Waals surface area contributed by atoms with E-state index < -0.39 is 10.1 Å². The van der Waals surface area contributed by atoms with E-state index in [4.69, 9.17) is 25.2 Å². The molecule has 0 bridgehead atoms. The number of hydrogen-bond donors (Lipinski definition) is 0. The first-order valence-corrected chi connectivity index (χ1v) is 16.1. The van der Waals surface area contributed by atoms with Crippen LogP contribution in [0.4, 0.5) is 5.69 Å². The van der Waals surface area contributed by atoms with Crippen molar-refractivity contribution in [1.29, 1.82) is 0 Å². The van der Waals surface area contributed by atoms with Gasteiger partial charge in [0.15, 0.2) is 0 Å². The molecule has 1 amide bonds. The van der Waals surface area contributed by atoms with Crippen molar-refractivity contribution in [1.82, 2.24) is 10.2 Å². The van der Waals surface area contributed by atoms with Gasteiger partial charge in [0.1, 0.15) is 22.2 Å². The van der Waals surface area contributed by atoms with Gasteiger partial charge in [-0.1, -0.05) is 72.3 Å². The Kier molecular flexibility index (Phi) is 7.95. The van der Waals surface area contributed by atoms with Crippen molar-refractivity contribution >= 4 is 45.2 Å². The molecule has 0 atom stereocenters. The van der Waals surface area contributed by atoms with Gasteiger partial charge in [-0.25, -0.2) is 4.99 Å². The zero-order valence-corrected chi connectivity index (χ0v) is 26.0. The third-order valence-corrected chi connectivity index (χ3v) is 8.72. The fraction of sp³-hybridized carbons (Fsp3) is 0. The summed E-state index contributed by atoms with van der Waals surface area (Å²) in [5.74, 6) is 0.972. The molecular formula is C36H23ClN4O5S. The van der Waals surface area contributed by atoms with Crippen LogP contribution in [0.5, 0.6) is 5.75 Å². The molecule has 5 aromatic carbocycles. The standard InChI is InChI=1S/C36H23ClN4O5S/c37-28-17-13-26(14-18-28)34-39-40-35(45-34)27-15-19-29(20-16-27)41-33(25-7-3-1-4-8-25)38-32(36(41)42)23-24-11-21-30(22-12-24)46-47(43,44)31-9-5-2-6-10-31/h1-23H/b32-23-. The second-order valence-corrected chi connectivity index (χ2v) is 12.3. The number of benzene rings is 5. The highest BCUT2D eigenvalue weighted by molar-refractivity contribution is 7.87. The number of anilines is 1. The lowest BCUT2D eigenvalue weighted by Crippen LogP contribution is -2.32. The number of hydrogen-bond acceptors (Lipinski definition) is 8. The average molecular weight is 659 g/mol. The summed E-state index contributed by atoms with van der Waals surface area (Å²) in [5, 5.41) is 8.95. The van der Waals surface area contributed by atoms with Gasteiger partial charge in [-0.3, -0.25) is 9.69 Å². The molecule has 1 aromatic heterocycles. The predicted octanol–water partition coefficient (Wildman–Crippen LogP) is 7.66. The Labute approximate surface area is 275 Å². The molecule has 9 nitrogen and oxygen atoms in total. The van der Waals surface area contributed by atoms with Crippen LogP contribution in [0.25, 0.3) is 29.0 Å². The zero-order valence-electron chi connectivity index (χ0n) is 24.4. The molecule has 0 saturated heterocycles. The first kappa shape index (κ1) is 29.8. The molecule has 0 spiro atoms. The van der Waals surface area contributed by atoms with Crippen LogP contribution in [0.2, 0.25) is 5.02 Å². The van der Waals surface area contributed by atoms with Gasteiger partial charge in [0.2, 0.25) is 11.8 Å². The second-order valence-electron chi connectivity index (χ2n) is 10.4. The molecule has 0 N–H and O–H groups in total. The van der Waals surface area contributed by atoms with Crippen LogP contribution in [-0.4, -0.2) is 30.4 Å². The lowest BCUT2D eigenvalue weighted by molar-refractivity contribution is -0.113. The van der Waals surface area contributed by atoms with Crippen LogP contribution in [0, 0.1) is 0 Å². The quantitative estimate of drug-likeness (QED) is 0.122. The summed E-state index contributed by atoms with van der Waals surface area (Å²) in [6.45, 7) is 0. The number of amides is 1. The molecule has 1 aliphatic rings. The smallest absolute Gasteiger partial charge is 0.339 e. The topological polar surface area (TPSA) is 115 Å². The SMILES string of the molecule is O=C1/C(=C/c2ccc(OS(=O)(=O)c3ccccc3)cc2)N=C(c2ccccc2)N1c1ccc(-c2nnc(-c3ccc(Cl)cc3)o2)cc1. The van der Waals surface area contributed by atoms with Crippen molar-refractivity contribution < 1.29 is 21.8 Å². The molecular weight excluding hydrogens is 636 g/mol. The van der Waals surface area contributed by atoms with E-state index in [1.54, 1.807) is 89.8 Å². The monoisotopic (exact) mass is 658 g/mol. The molecule has 6 aromatic rings. The molecule has 0 unspecified atom stereocenters. The Balaban J connectivity index is 1.15. The van der Waals surface area contributed by atoms with Gasteiger partial charge in [0, 0.05) is 21.7 Å². The number of carbonyl (C=O) groups is 1. The Morgan fingerprint density at radius 1 is 0.681 bits per heavy atom. The van der Waals surface area contributed by atoms with E-state index in [9.17, 15) is 13.2 Å². The number of halogens is 1. The Bertz CT molecular complexity index is 2240. The highest BCUT2D eigenvalue weighted by Gasteiger charge is 2.32. The average Bonchev–Trinajstić information content (AvgIpc) is 3.72. The summed E-state index contributed by atoms with van der Waals surface area (Å²) in [4.78, 5) is 20.1. The molecule has 7 rings (SSSR count). The highest BCUT2D eigenvalue weighted by Crippen LogP contribution is 2.31. The van der Waals surface area contributed by atoms with E-state index in [0.29, 0.717) is 39.5 Å². The number of amidine groups is 1. The lowest BCUT2D eigenvalue weighted by atomic mass is 10.1. The molecule has 47 heavy (non-hydrogen) atoms. The minimum atomic E-state index is -3.98. The Morgan fingerprint density at radius 3 is 1.87 bits per heavy atom. The summed E-state index contributed by atoms with van der Waals surface area (Å²) >= 11 is 5.99. The predicted molar refractivity (Wildman–Crippen MR) is 179 cm³/mol. The van der Waals surface area contributed by atoms with Gasteiger partial charge in [-0.05, 0) is 84.4 Å². The van der Waals surface area contributed by atoms with Crippen molar-refractivity contribution in [2.24, 2.45) is 4.99 Å². The Morgan fingerprint density at radius 2 is 1.26 bits per heavy atom. The van der Waals surface area contributed by atoms with Crippen molar-refractivity contribution in [3.63, 3.8) is 0 Å². The van der Waals surface area contributed by atoms with Gasteiger partial charge in [0.25, 0.3) is 5.91 Å². The van der Waals surface area contributed by atoms with E-state index in [1.807, 2.05) is 30.3 Å². The van der Waals surface area contributed by atoms with Crippen LogP contribution in [0.15, 0.2) is 153 Å². The normalized spacial score (nSPS) is 14.0. The molecule has 11 heteroatoms. The van der Waals surface area contributed by atoms with Gasteiger partial charge < -0.3 is 8.60 Å². The first-order valence-electron chi connectivity index (χ1n) is 14.3. The van der Waals surface area contributed by atoms with Crippen LogP contribution >= 0.6 is 11.6 Å². The fourth-order valence-electron chi connectivity index (χ4n) is 4.88. The summed E-state index contributed by atoms with van der Waals surface area (Å²) < 4.78 is 36.4. The Hall–Kier alpha value is -5.84. The maximum absolute atomic E-state index is 13.8. The largest absolute Gasteiger partial charge is 0.416 e. The van der Waals surface area contributed by atoms with Crippen LogP contribution in [0.1, 0.15) is 11.1 Å². The maximum atomic E-state index is 13.8.